The Morgan fingerprint density at radius 1 is 1.38 bits per heavy atom. The maximum absolute atomic E-state index is 4.21. The van der Waals surface area contributed by atoms with Crippen molar-refractivity contribution >= 4 is 5.57 Å². The molecule has 0 amide bonds. The highest BCUT2D eigenvalue weighted by Crippen LogP contribution is 2.13. The van der Waals surface area contributed by atoms with Gasteiger partial charge >= 0.3 is 0 Å². The molecule has 0 spiro atoms. The van der Waals surface area contributed by atoms with Gasteiger partial charge in [-0.3, -0.25) is 4.98 Å². The van der Waals surface area contributed by atoms with Crippen molar-refractivity contribution in [3.8, 4) is 0 Å². The second-order valence-corrected chi connectivity index (χ2v) is 4.18. The van der Waals surface area contributed by atoms with Crippen LogP contribution in [0.4, 0.5) is 0 Å². The molecule has 0 unspecified atom stereocenters. The Bertz CT molecular complexity index is 342. The first-order chi connectivity index (χ1) is 7.74. The van der Waals surface area contributed by atoms with Gasteiger partial charge in [-0.2, -0.15) is 0 Å². The molecular formula is C14H22N2. The first kappa shape index (κ1) is 12.9. The molecule has 0 bridgehead atoms. The number of pyridine rings is 1. The van der Waals surface area contributed by atoms with Crippen LogP contribution >= 0.6 is 0 Å². The van der Waals surface area contributed by atoms with Crippen molar-refractivity contribution in [2.24, 2.45) is 0 Å². The van der Waals surface area contributed by atoms with Crippen LogP contribution < -0.4 is 5.32 Å². The molecule has 0 fully saturated rings. The molecule has 0 aliphatic rings. The SMILES string of the molecule is CCCNCC/C=C(/C)c1cncc(C)c1. The maximum Gasteiger partial charge on any atom is 0.0343 e. The average molecular weight is 218 g/mol. The van der Waals surface area contributed by atoms with Crippen molar-refractivity contribution in [3.05, 3.63) is 35.7 Å². The van der Waals surface area contributed by atoms with Gasteiger partial charge in [-0.1, -0.05) is 13.0 Å². The molecule has 0 aromatic carbocycles. The monoisotopic (exact) mass is 218 g/mol. The molecule has 0 aliphatic heterocycles. The van der Waals surface area contributed by atoms with Gasteiger partial charge in [-0.15, -0.1) is 0 Å². The van der Waals surface area contributed by atoms with E-state index in [0.29, 0.717) is 0 Å². The zero-order valence-corrected chi connectivity index (χ0v) is 10.6. The van der Waals surface area contributed by atoms with Crippen LogP contribution in [0.3, 0.4) is 0 Å². The number of aromatic nitrogens is 1. The molecule has 1 heterocycles. The fourth-order valence-corrected chi connectivity index (χ4v) is 1.58. The first-order valence-electron chi connectivity index (χ1n) is 6.03. The van der Waals surface area contributed by atoms with Crippen molar-refractivity contribution in [1.29, 1.82) is 0 Å². The lowest BCUT2D eigenvalue weighted by Crippen LogP contribution is -2.15. The summed E-state index contributed by atoms with van der Waals surface area (Å²) in [5, 5.41) is 3.39. The highest BCUT2D eigenvalue weighted by Gasteiger charge is 1.95. The number of nitrogens with zero attached hydrogens (tertiary/aromatic N) is 1. The van der Waals surface area contributed by atoms with Crippen molar-refractivity contribution < 1.29 is 0 Å². The van der Waals surface area contributed by atoms with E-state index in [2.05, 4.69) is 43.2 Å². The van der Waals surface area contributed by atoms with E-state index in [1.54, 1.807) is 0 Å². The van der Waals surface area contributed by atoms with E-state index >= 15 is 0 Å². The Morgan fingerprint density at radius 2 is 2.19 bits per heavy atom. The van der Waals surface area contributed by atoms with E-state index in [9.17, 15) is 0 Å². The summed E-state index contributed by atoms with van der Waals surface area (Å²) in [6.45, 7) is 8.58. The minimum absolute atomic E-state index is 1.06. The lowest BCUT2D eigenvalue weighted by Gasteiger charge is -2.03. The second-order valence-electron chi connectivity index (χ2n) is 4.18. The average Bonchev–Trinajstić information content (AvgIpc) is 2.28. The van der Waals surface area contributed by atoms with E-state index in [0.717, 1.165) is 19.5 Å². The number of allylic oxidation sites excluding steroid dienone is 1. The lowest BCUT2D eigenvalue weighted by molar-refractivity contribution is 0.678. The zero-order valence-electron chi connectivity index (χ0n) is 10.6. The molecule has 1 N–H and O–H groups in total. The summed E-state index contributed by atoms with van der Waals surface area (Å²) in [5.41, 5.74) is 3.76. The third kappa shape index (κ3) is 4.58. The molecule has 0 radical (unpaired) electrons. The van der Waals surface area contributed by atoms with Crippen molar-refractivity contribution in [2.45, 2.75) is 33.6 Å². The van der Waals surface area contributed by atoms with Crippen LogP contribution in [0.2, 0.25) is 0 Å². The van der Waals surface area contributed by atoms with Crippen LogP contribution in [0.5, 0.6) is 0 Å². The van der Waals surface area contributed by atoms with Crippen molar-refractivity contribution in [3.63, 3.8) is 0 Å². The number of hydrogen-bond donors (Lipinski definition) is 1. The number of hydrogen-bond acceptors (Lipinski definition) is 2. The van der Waals surface area contributed by atoms with Crippen molar-refractivity contribution in [2.75, 3.05) is 13.1 Å². The predicted octanol–water partition coefficient (Wildman–Crippen LogP) is 3.18. The Labute approximate surface area is 98.8 Å². The Balaban J connectivity index is 2.44. The fraction of sp³-hybridized carbons (Fsp3) is 0.500. The van der Waals surface area contributed by atoms with Gasteiger partial charge in [0.1, 0.15) is 0 Å². The highest BCUT2D eigenvalue weighted by atomic mass is 14.8. The molecule has 0 aliphatic carbocycles. The zero-order chi connectivity index (χ0) is 11.8. The molecule has 88 valence electrons. The highest BCUT2D eigenvalue weighted by molar-refractivity contribution is 5.63. The predicted molar refractivity (Wildman–Crippen MR) is 70.4 cm³/mol. The van der Waals surface area contributed by atoms with Crippen molar-refractivity contribution in [1.82, 2.24) is 10.3 Å². The Hall–Kier alpha value is -1.15. The molecule has 1 aromatic heterocycles. The van der Waals surface area contributed by atoms with Gasteiger partial charge in [0.05, 0.1) is 0 Å². The van der Waals surface area contributed by atoms with Crippen LogP contribution in [0.25, 0.3) is 5.57 Å². The number of nitrogens with one attached hydrogen (secondary N) is 1. The quantitative estimate of drug-likeness (QED) is 0.742. The molecule has 16 heavy (non-hydrogen) atoms. The van der Waals surface area contributed by atoms with Crippen LogP contribution in [0.1, 0.15) is 37.8 Å². The summed E-state index contributed by atoms with van der Waals surface area (Å²) in [4.78, 5) is 4.21. The van der Waals surface area contributed by atoms with Crippen LogP contribution in [-0.4, -0.2) is 18.1 Å². The molecule has 0 saturated carbocycles. The molecule has 2 nitrogen and oxygen atoms in total. The van der Waals surface area contributed by atoms with E-state index < -0.39 is 0 Å². The molecule has 1 rings (SSSR count). The van der Waals surface area contributed by atoms with Crippen LogP contribution in [-0.2, 0) is 0 Å². The third-order valence-corrected chi connectivity index (χ3v) is 2.53. The normalized spacial score (nSPS) is 11.8. The van der Waals surface area contributed by atoms with Gasteiger partial charge in [-0.05, 0) is 62.5 Å². The van der Waals surface area contributed by atoms with Crippen LogP contribution in [0, 0.1) is 6.92 Å². The van der Waals surface area contributed by atoms with Gasteiger partial charge < -0.3 is 5.32 Å². The maximum atomic E-state index is 4.21. The number of rotatable bonds is 6. The van der Waals surface area contributed by atoms with Gasteiger partial charge in [0.15, 0.2) is 0 Å². The van der Waals surface area contributed by atoms with E-state index in [1.165, 1.54) is 23.1 Å². The number of aryl methyl sites for hydroxylation is 1. The third-order valence-electron chi connectivity index (χ3n) is 2.53. The van der Waals surface area contributed by atoms with Gasteiger partial charge in [-0.25, -0.2) is 0 Å². The minimum atomic E-state index is 1.06. The van der Waals surface area contributed by atoms with E-state index in [4.69, 9.17) is 0 Å². The smallest absolute Gasteiger partial charge is 0.0343 e. The van der Waals surface area contributed by atoms with Gasteiger partial charge in [0.25, 0.3) is 0 Å². The van der Waals surface area contributed by atoms with E-state index in [1.807, 2.05) is 12.4 Å². The topological polar surface area (TPSA) is 24.9 Å². The first-order valence-corrected chi connectivity index (χ1v) is 6.03. The molecule has 2 heteroatoms. The molecule has 1 aromatic rings. The second kappa shape index (κ2) is 7.18. The summed E-state index contributed by atoms with van der Waals surface area (Å²) < 4.78 is 0. The van der Waals surface area contributed by atoms with Gasteiger partial charge in [0, 0.05) is 12.4 Å². The van der Waals surface area contributed by atoms with Crippen LogP contribution in [0.15, 0.2) is 24.5 Å². The lowest BCUT2D eigenvalue weighted by atomic mass is 10.1. The van der Waals surface area contributed by atoms with Gasteiger partial charge in [0.2, 0.25) is 0 Å². The summed E-state index contributed by atoms with van der Waals surface area (Å²) in [7, 11) is 0. The molecular weight excluding hydrogens is 196 g/mol. The van der Waals surface area contributed by atoms with E-state index in [-0.39, 0.29) is 0 Å². The summed E-state index contributed by atoms with van der Waals surface area (Å²) in [6, 6.07) is 2.18. The summed E-state index contributed by atoms with van der Waals surface area (Å²) in [6.07, 6.45) is 8.38. The minimum Gasteiger partial charge on any atom is -0.316 e. The molecule has 0 saturated heterocycles. The summed E-state index contributed by atoms with van der Waals surface area (Å²) in [5.74, 6) is 0. The Kier molecular flexibility index (Phi) is 5.79. The molecule has 0 atom stereocenters. The standard InChI is InChI=1S/C14H22N2/c1-4-7-15-8-5-6-13(3)14-9-12(2)10-16-11-14/h6,9-11,15H,4-5,7-8H2,1-3H3/b13-6-. The fourth-order valence-electron chi connectivity index (χ4n) is 1.58. The summed E-state index contributed by atoms with van der Waals surface area (Å²) >= 11 is 0. The largest absolute Gasteiger partial charge is 0.316 e. The Morgan fingerprint density at radius 3 is 2.88 bits per heavy atom.